The van der Waals surface area contributed by atoms with Crippen molar-refractivity contribution in [2.45, 2.75) is 13.8 Å². The van der Waals surface area contributed by atoms with Crippen molar-refractivity contribution in [3.05, 3.63) is 41.5 Å². The van der Waals surface area contributed by atoms with Crippen LogP contribution in [-0.2, 0) is 0 Å². The molecule has 0 aliphatic carbocycles. The van der Waals surface area contributed by atoms with E-state index >= 15 is 0 Å². The Balaban J connectivity index is 3.19. The second-order valence-electron chi connectivity index (χ2n) is 4.09. The molecule has 0 radical (unpaired) electrons. The second kappa shape index (κ2) is 4.84. The first-order valence-electron chi connectivity index (χ1n) is 5.12. The number of para-hydroxylation sites is 1. The van der Waals surface area contributed by atoms with E-state index in [0.717, 1.165) is 16.8 Å². The molecule has 0 amide bonds. The van der Waals surface area contributed by atoms with Crippen LogP contribution in [0.4, 0.5) is 5.69 Å². The smallest absolute Gasteiger partial charge is 0.337 e. The minimum atomic E-state index is -0.896. The maximum atomic E-state index is 11.1. The van der Waals surface area contributed by atoms with Gasteiger partial charge in [-0.25, -0.2) is 4.79 Å². The number of aromatic carboxylic acids is 1. The van der Waals surface area contributed by atoms with Crippen LogP contribution in [0.1, 0.15) is 22.8 Å². The molecule has 1 N–H and O–H groups in total. The fourth-order valence-electron chi connectivity index (χ4n) is 1.82. The fourth-order valence-corrected chi connectivity index (χ4v) is 1.82. The third kappa shape index (κ3) is 2.63. The lowest BCUT2D eigenvalue weighted by atomic mass is 10.1. The number of nitrogens with zero attached hydrogens (tertiary/aromatic N) is 1. The van der Waals surface area contributed by atoms with E-state index in [1.54, 1.807) is 12.1 Å². The van der Waals surface area contributed by atoms with Crippen molar-refractivity contribution < 1.29 is 9.90 Å². The van der Waals surface area contributed by atoms with Gasteiger partial charge in [-0.3, -0.25) is 0 Å². The first-order chi connectivity index (χ1) is 7.43. The van der Waals surface area contributed by atoms with E-state index in [1.807, 2.05) is 31.9 Å². The minimum Gasteiger partial charge on any atom is -0.478 e. The van der Waals surface area contributed by atoms with Crippen molar-refractivity contribution >= 4 is 11.7 Å². The summed E-state index contributed by atoms with van der Waals surface area (Å²) in [6.45, 7) is 8.33. The van der Waals surface area contributed by atoms with Gasteiger partial charge < -0.3 is 10.0 Å². The number of benzene rings is 1. The average Bonchev–Trinajstić information content (AvgIpc) is 2.15. The highest BCUT2D eigenvalue weighted by Crippen LogP contribution is 2.24. The van der Waals surface area contributed by atoms with Crippen LogP contribution in [0.5, 0.6) is 0 Å². The first-order valence-corrected chi connectivity index (χ1v) is 5.12. The van der Waals surface area contributed by atoms with E-state index in [2.05, 4.69) is 6.58 Å². The summed E-state index contributed by atoms with van der Waals surface area (Å²) in [5, 5.41) is 9.12. The Kier molecular flexibility index (Phi) is 3.72. The van der Waals surface area contributed by atoms with Gasteiger partial charge in [0.05, 0.1) is 11.3 Å². The number of carbonyl (C=O) groups is 1. The molecule has 16 heavy (non-hydrogen) atoms. The van der Waals surface area contributed by atoms with Gasteiger partial charge in [-0.2, -0.15) is 0 Å². The first kappa shape index (κ1) is 12.3. The second-order valence-corrected chi connectivity index (χ2v) is 4.09. The standard InChI is InChI=1S/C13H17NO2/c1-9(2)8-14(4)12-10(3)6-5-7-11(12)13(15)16/h5-7H,1,8H2,2-4H3,(H,15,16). The quantitative estimate of drug-likeness (QED) is 0.791. The lowest BCUT2D eigenvalue weighted by Gasteiger charge is -2.23. The van der Waals surface area contributed by atoms with E-state index in [4.69, 9.17) is 5.11 Å². The Morgan fingerprint density at radius 3 is 2.62 bits per heavy atom. The number of rotatable bonds is 4. The topological polar surface area (TPSA) is 40.5 Å². The zero-order valence-electron chi connectivity index (χ0n) is 9.95. The molecule has 0 aromatic heterocycles. The van der Waals surface area contributed by atoms with Crippen LogP contribution in [0, 0.1) is 6.92 Å². The van der Waals surface area contributed by atoms with Gasteiger partial charge in [0.1, 0.15) is 0 Å². The summed E-state index contributed by atoms with van der Waals surface area (Å²) in [4.78, 5) is 13.0. The van der Waals surface area contributed by atoms with E-state index in [-0.39, 0.29) is 0 Å². The van der Waals surface area contributed by atoms with Gasteiger partial charge in [0.15, 0.2) is 0 Å². The van der Waals surface area contributed by atoms with Gasteiger partial charge in [0, 0.05) is 13.6 Å². The summed E-state index contributed by atoms with van der Waals surface area (Å²) < 4.78 is 0. The maximum absolute atomic E-state index is 11.1. The van der Waals surface area contributed by atoms with Crippen molar-refractivity contribution in [2.75, 3.05) is 18.5 Å². The molecule has 0 saturated heterocycles. The maximum Gasteiger partial charge on any atom is 0.337 e. The molecular weight excluding hydrogens is 202 g/mol. The van der Waals surface area contributed by atoms with Crippen LogP contribution in [0.15, 0.2) is 30.4 Å². The summed E-state index contributed by atoms with van der Waals surface area (Å²) in [6.07, 6.45) is 0. The molecule has 3 nitrogen and oxygen atoms in total. The molecule has 0 spiro atoms. The van der Waals surface area contributed by atoms with E-state index < -0.39 is 5.97 Å². The lowest BCUT2D eigenvalue weighted by molar-refractivity contribution is 0.0697. The van der Waals surface area contributed by atoms with Crippen LogP contribution in [0.25, 0.3) is 0 Å². The molecular formula is C13H17NO2. The molecule has 1 aromatic carbocycles. The summed E-state index contributed by atoms with van der Waals surface area (Å²) in [7, 11) is 1.88. The highest BCUT2D eigenvalue weighted by Gasteiger charge is 2.15. The molecule has 0 heterocycles. The van der Waals surface area contributed by atoms with E-state index in [0.29, 0.717) is 12.1 Å². The normalized spacial score (nSPS) is 9.94. The summed E-state index contributed by atoms with van der Waals surface area (Å²) in [6, 6.07) is 5.30. The van der Waals surface area contributed by atoms with Gasteiger partial charge in [0.2, 0.25) is 0 Å². The molecule has 0 fully saturated rings. The van der Waals surface area contributed by atoms with Crippen LogP contribution >= 0.6 is 0 Å². The Labute approximate surface area is 96.0 Å². The molecule has 86 valence electrons. The van der Waals surface area contributed by atoms with Crippen LogP contribution in [0.3, 0.4) is 0 Å². The molecule has 0 aliphatic heterocycles. The zero-order chi connectivity index (χ0) is 12.3. The van der Waals surface area contributed by atoms with Crippen molar-refractivity contribution in [1.29, 1.82) is 0 Å². The van der Waals surface area contributed by atoms with Crippen molar-refractivity contribution in [1.82, 2.24) is 0 Å². The van der Waals surface area contributed by atoms with Crippen molar-refractivity contribution in [2.24, 2.45) is 0 Å². The molecule has 3 heteroatoms. The molecule has 0 aliphatic rings. The molecule has 0 unspecified atom stereocenters. The van der Waals surface area contributed by atoms with Gasteiger partial charge in [-0.15, -0.1) is 0 Å². The Morgan fingerprint density at radius 2 is 2.12 bits per heavy atom. The Bertz CT molecular complexity index is 424. The summed E-state index contributed by atoms with van der Waals surface area (Å²) in [5.41, 5.74) is 3.06. The van der Waals surface area contributed by atoms with Gasteiger partial charge in [-0.1, -0.05) is 24.3 Å². The Morgan fingerprint density at radius 1 is 1.50 bits per heavy atom. The third-order valence-corrected chi connectivity index (χ3v) is 2.36. The predicted octanol–water partition coefficient (Wildman–Crippen LogP) is 2.71. The number of carboxylic acid groups (broad SMARTS) is 1. The predicted molar refractivity (Wildman–Crippen MR) is 66.2 cm³/mol. The summed E-state index contributed by atoms with van der Waals surface area (Å²) >= 11 is 0. The number of hydrogen-bond acceptors (Lipinski definition) is 2. The van der Waals surface area contributed by atoms with Gasteiger partial charge >= 0.3 is 5.97 Å². The average molecular weight is 219 g/mol. The highest BCUT2D eigenvalue weighted by molar-refractivity contribution is 5.95. The molecule has 1 aromatic rings. The van der Waals surface area contributed by atoms with E-state index in [1.165, 1.54) is 0 Å². The fraction of sp³-hybridized carbons (Fsp3) is 0.308. The monoisotopic (exact) mass is 219 g/mol. The number of hydrogen-bond donors (Lipinski definition) is 1. The Hall–Kier alpha value is -1.77. The third-order valence-electron chi connectivity index (χ3n) is 2.36. The number of aryl methyl sites for hydroxylation is 1. The van der Waals surface area contributed by atoms with Crippen molar-refractivity contribution in [3.8, 4) is 0 Å². The zero-order valence-corrected chi connectivity index (χ0v) is 9.95. The van der Waals surface area contributed by atoms with Gasteiger partial charge in [-0.05, 0) is 25.5 Å². The van der Waals surface area contributed by atoms with Gasteiger partial charge in [0.25, 0.3) is 0 Å². The van der Waals surface area contributed by atoms with Crippen LogP contribution < -0.4 is 4.90 Å². The molecule has 0 bridgehead atoms. The molecule has 0 saturated carbocycles. The lowest BCUT2D eigenvalue weighted by Crippen LogP contribution is -2.22. The number of carboxylic acids is 1. The summed E-state index contributed by atoms with van der Waals surface area (Å²) in [5.74, 6) is -0.896. The number of likely N-dealkylation sites (N-methyl/N-ethyl adjacent to an activating group) is 1. The van der Waals surface area contributed by atoms with Crippen LogP contribution in [-0.4, -0.2) is 24.7 Å². The number of anilines is 1. The van der Waals surface area contributed by atoms with Crippen LogP contribution in [0.2, 0.25) is 0 Å². The molecule has 0 atom stereocenters. The SMILES string of the molecule is C=C(C)CN(C)c1c(C)cccc1C(=O)O. The van der Waals surface area contributed by atoms with E-state index in [9.17, 15) is 4.79 Å². The minimum absolute atomic E-state index is 0.337. The van der Waals surface area contributed by atoms with Crippen molar-refractivity contribution in [3.63, 3.8) is 0 Å². The molecule has 1 rings (SSSR count). The highest BCUT2D eigenvalue weighted by atomic mass is 16.4. The largest absolute Gasteiger partial charge is 0.478 e.